The molecule has 1 N–H and O–H groups in total. The normalized spacial score (nSPS) is 11.7. The number of nitrogens with one attached hydrogen (secondary N) is 1. The number of ether oxygens (including phenoxy) is 2. The summed E-state index contributed by atoms with van der Waals surface area (Å²) in [6.45, 7) is 1.55. The van der Waals surface area contributed by atoms with E-state index in [1.807, 2.05) is 0 Å². The van der Waals surface area contributed by atoms with Crippen LogP contribution in [0.3, 0.4) is 0 Å². The van der Waals surface area contributed by atoms with Crippen molar-refractivity contribution in [1.29, 1.82) is 0 Å². The van der Waals surface area contributed by atoms with E-state index < -0.39 is 12.1 Å². The van der Waals surface area contributed by atoms with Crippen molar-refractivity contribution in [2.24, 2.45) is 0 Å². The van der Waals surface area contributed by atoms with Crippen LogP contribution in [0.15, 0.2) is 42.6 Å². The van der Waals surface area contributed by atoms with Gasteiger partial charge in [0.2, 0.25) is 5.78 Å². The minimum Gasteiger partial charge on any atom is -0.497 e. The van der Waals surface area contributed by atoms with Gasteiger partial charge in [0, 0.05) is 11.8 Å². The van der Waals surface area contributed by atoms with Crippen LogP contribution in [0.1, 0.15) is 27.8 Å². The van der Waals surface area contributed by atoms with Gasteiger partial charge in [0.15, 0.2) is 6.10 Å². The van der Waals surface area contributed by atoms with Gasteiger partial charge in [-0.25, -0.2) is 4.79 Å². The fourth-order valence-electron chi connectivity index (χ4n) is 1.72. The molecule has 104 valence electrons. The van der Waals surface area contributed by atoms with Crippen molar-refractivity contribution in [3.63, 3.8) is 0 Å². The van der Waals surface area contributed by atoms with Crippen LogP contribution in [0.4, 0.5) is 0 Å². The van der Waals surface area contributed by atoms with Gasteiger partial charge in [0.1, 0.15) is 11.4 Å². The van der Waals surface area contributed by atoms with Crippen LogP contribution >= 0.6 is 0 Å². The Bertz CT molecular complexity index is 587. The molecule has 0 unspecified atom stereocenters. The first-order chi connectivity index (χ1) is 9.61. The summed E-state index contributed by atoms with van der Waals surface area (Å²) >= 11 is 0. The van der Waals surface area contributed by atoms with Gasteiger partial charge in [0.05, 0.1) is 7.11 Å². The summed E-state index contributed by atoms with van der Waals surface area (Å²) in [7, 11) is 1.55. The summed E-state index contributed by atoms with van der Waals surface area (Å²) in [4.78, 5) is 26.6. The molecular weight excluding hydrogens is 258 g/mol. The number of aromatic amines is 1. The number of benzene rings is 1. The number of H-pyrrole nitrogens is 1. The number of Topliss-reactive ketones (excluding diaryl/α,β-unsaturated/α-hetero) is 1. The Morgan fingerprint density at radius 2 is 1.85 bits per heavy atom. The van der Waals surface area contributed by atoms with Crippen LogP contribution in [-0.4, -0.2) is 30.0 Å². The fraction of sp³-hybridized carbons (Fsp3) is 0.200. The summed E-state index contributed by atoms with van der Waals surface area (Å²) in [6, 6.07) is 9.93. The molecule has 0 saturated carbocycles. The Labute approximate surface area is 116 Å². The minimum absolute atomic E-state index is 0.257. The largest absolute Gasteiger partial charge is 0.497 e. The molecule has 0 aliphatic carbocycles. The SMILES string of the molecule is COc1ccc(C(=O)[C@H](C)OC(=O)c2ccc[nH]2)cc1. The van der Waals surface area contributed by atoms with E-state index in [2.05, 4.69) is 4.98 Å². The molecule has 5 nitrogen and oxygen atoms in total. The van der Waals surface area contributed by atoms with Gasteiger partial charge in [-0.05, 0) is 43.3 Å². The molecule has 0 amide bonds. The molecule has 1 aromatic carbocycles. The highest BCUT2D eigenvalue weighted by atomic mass is 16.5. The van der Waals surface area contributed by atoms with Gasteiger partial charge >= 0.3 is 5.97 Å². The quantitative estimate of drug-likeness (QED) is 0.671. The monoisotopic (exact) mass is 273 g/mol. The van der Waals surface area contributed by atoms with Crippen molar-refractivity contribution < 1.29 is 19.1 Å². The van der Waals surface area contributed by atoms with Crippen LogP contribution in [0.2, 0.25) is 0 Å². The van der Waals surface area contributed by atoms with Crippen molar-refractivity contribution in [3.05, 3.63) is 53.9 Å². The first-order valence-electron chi connectivity index (χ1n) is 6.14. The van der Waals surface area contributed by atoms with E-state index in [1.54, 1.807) is 56.6 Å². The van der Waals surface area contributed by atoms with Gasteiger partial charge in [-0.15, -0.1) is 0 Å². The smallest absolute Gasteiger partial charge is 0.355 e. The van der Waals surface area contributed by atoms with Crippen molar-refractivity contribution in [2.45, 2.75) is 13.0 Å². The second-order valence-corrected chi connectivity index (χ2v) is 4.22. The zero-order valence-corrected chi connectivity index (χ0v) is 11.3. The number of carbonyl (C=O) groups is 2. The van der Waals surface area contributed by atoms with E-state index in [0.717, 1.165) is 0 Å². The second kappa shape index (κ2) is 6.06. The van der Waals surface area contributed by atoms with Crippen molar-refractivity contribution >= 4 is 11.8 Å². The maximum atomic E-state index is 12.1. The molecule has 0 spiro atoms. The number of hydrogen-bond donors (Lipinski definition) is 1. The number of rotatable bonds is 5. The first kappa shape index (κ1) is 13.9. The van der Waals surface area contributed by atoms with E-state index in [-0.39, 0.29) is 5.78 Å². The predicted octanol–water partition coefficient (Wildman–Crippen LogP) is 2.45. The minimum atomic E-state index is -0.848. The molecule has 2 rings (SSSR count). The molecule has 2 aromatic rings. The molecule has 0 radical (unpaired) electrons. The molecule has 0 aliphatic rings. The van der Waals surface area contributed by atoms with Crippen LogP contribution in [0, 0.1) is 0 Å². The topological polar surface area (TPSA) is 68.4 Å². The van der Waals surface area contributed by atoms with Crippen LogP contribution in [0.25, 0.3) is 0 Å². The van der Waals surface area contributed by atoms with Crippen molar-refractivity contribution in [3.8, 4) is 5.75 Å². The van der Waals surface area contributed by atoms with E-state index in [9.17, 15) is 9.59 Å². The maximum Gasteiger partial charge on any atom is 0.355 e. The van der Waals surface area contributed by atoms with E-state index in [1.165, 1.54) is 0 Å². The summed E-state index contributed by atoms with van der Waals surface area (Å²) in [6.07, 6.45) is 0.770. The number of aromatic nitrogens is 1. The van der Waals surface area contributed by atoms with Gasteiger partial charge < -0.3 is 14.5 Å². The molecule has 1 atom stereocenters. The Hall–Kier alpha value is -2.56. The summed E-state index contributed by atoms with van der Waals surface area (Å²) < 4.78 is 10.1. The third-order valence-corrected chi connectivity index (χ3v) is 2.85. The number of hydrogen-bond acceptors (Lipinski definition) is 4. The third-order valence-electron chi connectivity index (χ3n) is 2.85. The molecular formula is C15H15NO4. The lowest BCUT2D eigenvalue weighted by Gasteiger charge is -2.12. The second-order valence-electron chi connectivity index (χ2n) is 4.22. The van der Waals surface area contributed by atoms with Gasteiger partial charge in [-0.1, -0.05) is 0 Å². The van der Waals surface area contributed by atoms with Crippen LogP contribution in [0.5, 0.6) is 5.75 Å². The van der Waals surface area contributed by atoms with Gasteiger partial charge in [-0.2, -0.15) is 0 Å². The fourth-order valence-corrected chi connectivity index (χ4v) is 1.72. The third kappa shape index (κ3) is 3.06. The molecule has 0 bridgehead atoms. The molecule has 0 fully saturated rings. The zero-order chi connectivity index (χ0) is 14.5. The number of methoxy groups -OCH3 is 1. The number of carbonyl (C=O) groups excluding carboxylic acids is 2. The van der Waals surface area contributed by atoms with E-state index in [4.69, 9.17) is 9.47 Å². The van der Waals surface area contributed by atoms with Gasteiger partial charge in [0.25, 0.3) is 0 Å². The lowest BCUT2D eigenvalue weighted by molar-refractivity contribution is 0.0314. The van der Waals surface area contributed by atoms with Gasteiger partial charge in [-0.3, -0.25) is 4.79 Å². The molecule has 5 heteroatoms. The highest BCUT2D eigenvalue weighted by molar-refractivity contribution is 6.01. The van der Waals surface area contributed by atoms with Crippen molar-refractivity contribution in [1.82, 2.24) is 4.98 Å². The van der Waals surface area contributed by atoms with Crippen LogP contribution < -0.4 is 4.74 Å². The average molecular weight is 273 g/mol. The van der Waals surface area contributed by atoms with Crippen LogP contribution in [-0.2, 0) is 4.74 Å². The lowest BCUT2D eigenvalue weighted by Crippen LogP contribution is -2.24. The molecule has 20 heavy (non-hydrogen) atoms. The summed E-state index contributed by atoms with van der Waals surface area (Å²) in [5.74, 6) is -0.144. The average Bonchev–Trinajstić information content (AvgIpc) is 3.01. The predicted molar refractivity (Wildman–Crippen MR) is 73.0 cm³/mol. The highest BCUT2D eigenvalue weighted by Gasteiger charge is 2.20. The summed E-state index contributed by atoms with van der Waals surface area (Å²) in [5, 5.41) is 0. The molecule has 0 saturated heterocycles. The Morgan fingerprint density at radius 3 is 2.40 bits per heavy atom. The lowest BCUT2D eigenvalue weighted by atomic mass is 10.1. The standard InChI is InChI=1S/C15H15NO4/c1-10(20-15(18)13-4-3-9-16-13)14(17)11-5-7-12(19-2)8-6-11/h3-10,16H,1-2H3/t10-/m0/s1. The summed E-state index contributed by atoms with van der Waals surface area (Å²) in [5.41, 5.74) is 0.789. The Morgan fingerprint density at radius 1 is 1.15 bits per heavy atom. The molecule has 0 aliphatic heterocycles. The Kier molecular flexibility index (Phi) is 4.20. The van der Waals surface area contributed by atoms with E-state index in [0.29, 0.717) is 17.0 Å². The maximum absolute atomic E-state index is 12.1. The Balaban J connectivity index is 2.02. The number of ketones is 1. The van der Waals surface area contributed by atoms with E-state index >= 15 is 0 Å². The number of esters is 1. The first-order valence-corrected chi connectivity index (χ1v) is 6.14. The molecule has 1 heterocycles. The van der Waals surface area contributed by atoms with Crippen molar-refractivity contribution in [2.75, 3.05) is 7.11 Å². The zero-order valence-electron chi connectivity index (χ0n) is 11.3. The highest BCUT2D eigenvalue weighted by Crippen LogP contribution is 2.14. The molecule has 1 aromatic heterocycles.